The average Bonchev–Trinajstić information content (AvgIpc) is 3.14. The smallest absolute Gasteiger partial charge is 0.246 e. The predicted octanol–water partition coefficient (Wildman–Crippen LogP) is 3.47. The number of nitrogens with zero attached hydrogens (tertiary/aromatic N) is 3. The lowest BCUT2D eigenvalue weighted by molar-refractivity contribution is -0.118. The topological polar surface area (TPSA) is 71.8 Å². The van der Waals surface area contributed by atoms with E-state index >= 15 is 0 Å². The number of fused-ring (bicyclic) bond motifs is 1. The van der Waals surface area contributed by atoms with Crippen molar-refractivity contribution in [2.75, 3.05) is 12.4 Å². The van der Waals surface area contributed by atoms with E-state index in [1.165, 1.54) is 0 Å². The molecular formula is C17H22ClN5OS. The molecule has 1 unspecified atom stereocenters. The molecule has 2 heterocycles. The average molecular weight is 380 g/mol. The lowest BCUT2D eigenvalue weighted by atomic mass is 10.1. The van der Waals surface area contributed by atoms with Crippen molar-refractivity contribution in [3.8, 4) is 0 Å². The van der Waals surface area contributed by atoms with E-state index in [1.807, 2.05) is 31.4 Å². The second-order valence-electron chi connectivity index (χ2n) is 6.05. The maximum atomic E-state index is 12.6. The van der Waals surface area contributed by atoms with Crippen molar-refractivity contribution in [3.05, 3.63) is 41.2 Å². The molecule has 134 valence electrons. The summed E-state index contributed by atoms with van der Waals surface area (Å²) in [5.74, 6) is 0.290. The van der Waals surface area contributed by atoms with Gasteiger partial charge in [0.1, 0.15) is 6.04 Å². The van der Waals surface area contributed by atoms with Gasteiger partial charge in [-0.15, -0.1) is 23.7 Å². The number of likely N-dealkylation sites (N-methyl/N-ethyl adjacent to an activating group) is 1. The van der Waals surface area contributed by atoms with Crippen LogP contribution in [-0.2, 0) is 11.8 Å². The highest BCUT2D eigenvalue weighted by molar-refractivity contribution is 7.18. The van der Waals surface area contributed by atoms with Gasteiger partial charge in [0.05, 0.1) is 21.4 Å². The molecule has 25 heavy (non-hydrogen) atoms. The van der Waals surface area contributed by atoms with E-state index < -0.39 is 6.04 Å². The van der Waals surface area contributed by atoms with Gasteiger partial charge in [0.15, 0.2) is 0 Å². The van der Waals surface area contributed by atoms with Crippen molar-refractivity contribution in [2.45, 2.75) is 25.8 Å². The van der Waals surface area contributed by atoms with Gasteiger partial charge in [-0.1, -0.05) is 13.8 Å². The number of nitrogens with one attached hydrogen (secondary N) is 2. The summed E-state index contributed by atoms with van der Waals surface area (Å²) in [4.78, 5) is 17.2. The van der Waals surface area contributed by atoms with Crippen LogP contribution in [-0.4, -0.2) is 27.7 Å². The number of rotatable bonds is 5. The third-order valence-corrected chi connectivity index (χ3v) is 5.09. The molecule has 3 rings (SSSR count). The fraction of sp³-hybridized carbons (Fsp3) is 0.353. The van der Waals surface area contributed by atoms with Crippen molar-refractivity contribution in [1.82, 2.24) is 20.1 Å². The number of halogens is 1. The number of benzene rings is 1. The Labute approximate surface area is 157 Å². The van der Waals surface area contributed by atoms with Gasteiger partial charge in [-0.3, -0.25) is 9.48 Å². The van der Waals surface area contributed by atoms with Crippen LogP contribution in [0.5, 0.6) is 0 Å². The first-order valence-corrected chi connectivity index (χ1v) is 8.66. The van der Waals surface area contributed by atoms with Gasteiger partial charge in [-0.25, -0.2) is 4.98 Å². The first kappa shape index (κ1) is 19.4. The van der Waals surface area contributed by atoms with Crippen LogP contribution in [0.1, 0.15) is 36.4 Å². The molecule has 0 aliphatic carbocycles. The normalized spacial score (nSPS) is 12.2. The Balaban J connectivity index is 0.00000225. The first-order chi connectivity index (χ1) is 11.5. The number of hydrogen-bond donors (Lipinski definition) is 2. The van der Waals surface area contributed by atoms with E-state index in [2.05, 4.69) is 34.6 Å². The molecule has 0 bridgehead atoms. The molecule has 0 spiro atoms. The molecule has 0 saturated carbocycles. The number of amides is 1. The summed E-state index contributed by atoms with van der Waals surface area (Å²) in [6, 6.07) is 5.38. The minimum atomic E-state index is -0.443. The van der Waals surface area contributed by atoms with Gasteiger partial charge in [0.2, 0.25) is 5.91 Å². The monoisotopic (exact) mass is 379 g/mol. The zero-order chi connectivity index (χ0) is 17.3. The number of thiazole rings is 1. The second kappa shape index (κ2) is 7.95. The summed E-state index contributed by atoms with van der Waals surface area (Å²) in [5.41, 5.74) is 2.58. The number of carbonyl (C=O) groups is 1. The van der Waals surface area contributed by atoms with Gasteiger partial charge in [0.25, 0.3) is 0 Å². The van der Waals surface area contributed by atoms with Crippen LogP contribution in [0.2, 0.25) is 0 Å². The Morgan fingerprint density at radius 1 is 1.32 bits per heavy atom. The maximum absolute atomic E-state index is 12.6. The Hall–Kier alpha value is -1.96. The third kappa shape index (κ3) is 4.18. The zero-order valence-electron chi connectivity index (χ0n) is 14.6. The van der Waals surface area contributed by atoms with Gasteiger partial charge >= 0.3 is 0 Å². The van der Waals surface area contributed by atoms with Crippen LogP contribution in [0, 0.1) is 0 Å². The highest BCUT2D eigenvalue weighted by Crippen LogP contribution is 2.29. The molecule has 1 amide bonds. The minimum Gasteiger partial charge on any atom is -0.324 e. The Morgan fingerprint density at radius 3 is 2.68 bits per heavy atom. The highest BCUT2D eigenvalue weighted by Gasteiger charge is 2.20. The second-order valence-corrected chi connectivity index (χ2v) is 7.11. The maximum Gasteiger partial charge on any atom is 0.246 e. The standard InChI is InChI=1S/C17H21N5OS.ClH/c1-10(2)17-21-13-6-5-12(7-14(13)24-17)20-16(23)15(18-3)11-8-19-22(4)9-11;/h5-10,15,18H,1-4H3,(H,20,23);1H. The van der Waals surface area contributed by atoms with Crippen molar-refractivity contribution in [3.63, 3.8) is 0 Å². The van der Waals surface area contributed by atoms with Gasteiger partial charge in [-0.05, 0) is 25.2 Å². The Kier molecular flexibility index (Phi) is 6.16. The largest absolute Gasteiger partial charge is 0.324 e. The SMILES string of the molecule is CNC(C(=O)Nc1ccc2nc(C(C)C)sc2c1)c1cnn(C)c1.Cl. The number of carbonyl (C=O) groups excluding carboxylic acids is 1. The minimum absolute atomic E-state index is 0. The molecule has 2 aromatic heterocycles. The molecule has 0 saturated heterocycles. The summed E-state index contributed by atoms with van der Waals surface area (Å²) < 4.78 is 2.77. The first-order valence-electron chi connectivity index (χ1n) is 7.85. The van der Waals surface area contributed by atoms with E-state index in [4.69, 9.17) is 0 Å². The fourth-order valence-electron chi connectivity index (χ4n) is 2.52. The molecular weight excluding hydrogens is 358 g/mol. The van der Waals surface area contributed by atoms with E-state index in [-0.39, 0.29) is 18.3 Å². The quantitative estimate of drug-likeness (QED) is 0.712. The van der Waals surface area contributed by atoms with Crippen LogP contribution in [0.15, 0.2) is 30.6 Å². The Morgan fingerprint density at radius 2 is 2.08 bits per heavy atom. The molecule has 3 aromatic rings. The molecule has 6 nitrogen and oxygen atoms in total. The van der Waals surface area contributed by atoms with Crippen LogP contribution in [0.3, 0.4) is 0 Å². The van der Waals surface area contributed by atoms with E-state index in [1.54, 1.807) is 29.3 Å². The highest BCUT2D eigenvalue weighted by atomic mass is 35.5. The molecule has 1 atom stereocenters. The van der Waals surface area contributed by atoms with E-state index in [9.17, 15) is 4.79 Å². The van der Waals surface area contributed by atoms with Gasteiger partial charge < -0.3 is 10.6 Å². The van der Waals surface area contributed by atoms with E-state index in [0.717, 1.165) is 26.5 Å². The van der Waals surface area contributed by atoms with Crippen LogP contribution >= 0.6 is 23.7 Å². The summed E-state index contributed by atoms with van der Waals surface area (Å²) >= 11 is 1.67. The molecule has 0 fully saturated rings. The number of aromatic nitrogens is 3. The van der Waals surface area contributed by atoms with Crippen molar-refractivity contribution in [2.24, 2.45) is 7.05 Å². The lowest BCUT2D eigenvalue weighted by Crippen LogP contribution is -2.30. The summed E-state index contributed by atoms with van der Waals surface area (Å²) in [6.07, 6.45) is 3.53. The van der Waals surface area contributed by atoms with Gasteiger partial charge in [-0.2, -0.15) is 5.10 Å². The van der Waals surface area contributed by atoms with Gasteiger partial charge in [0, 0.05) is 30.4 Å². The Bertz CT molecular complexity index is 873. The lowest BCUT2D eigenvalue weighted by Gasteiger charge is -2.14. The van der Waals surface area contributed by atoms with Crippen molar-refractivity contribution in [1.29, 1.82) is 0 Å². The van der Waals surface area contributed by atoms with E-state index in [0.29, 0.717) is 5.92 Å². The summed E-state index contributed by atoms with van der Waals surface area (Å²) in [7, 11) is 3.59. The summed E-state index contributed by atoms with van der Waals surface area (Å²) in [6.45, 7) is 4.26. The number of hydrogen-bond acceptors (Lipinski definition) is 5. The van der Waals surface area contributed by atoms with Crippen molar-refractivity contribution >= 4 is 45.6 Å². The molecule has 8 heteroatoms. The fourth-order valence-corrected chi connectivity index (χ4v) is 3.53. The third-order valence-electron chi connectivity index (χ3n) is 3.78. The molecule has 0 radical (unpaired) electrons. The number of anilines is 1. The van der Waals surface area contributed by atoms with Crippen LogP contribution in [0.4, 0.5) is 5.69 Å². The molecule has 0 aliphatic rings. The molecule has 2 N–H and O–H groups in total. The number of aryl methyl sites for hydroxylation is 1. The van der Waals surface area contributed by atoms with Crippen LogP contribution < -0.4 is 10.6 Å². The summed E-state index contributed by atoms with van der Waals surface area (Å²) in [5, 5.41) is 11.2. The molecule has 1 aromatic carbocycles. The van der Waals surface area contributed by atoms with Crippen LogP contribution in [0.25, 0.3) is 10.2 Å². The predicted molar refractivity (Wildman–Crippen MR) is 105 cm³/mol. The zero-order valence-corrected chi connectivity index (χ0v) is 16.2. The molecule has 0 aliphatic heterocycles. The van der Waals surface area contributed by atoms with Crippen molar-refractivity contribution < 1.29 is 4.79 Å².